The van der Waals surface area contributed by atoms with E-state index >= 15 is 0 Å². The van der Waals surface area contributed by atoms with Crippen molar-refractivity contribution in [3.05, 3.63) is 70.7 Å². The van der Waals surface area contributed by atoms with Gasteiger partial charge in [-0.2, -0.15) is 0 Å². The first-order valence-corrected chi connectivity index (χ1v) is 7.15. The Hall–Kier alpha value is -2.54. The Balaban J connectivity index is 1.95. The fraction of sp³-hybridized carbons (Fsp3) is 0. The van der Waals surface area contributed by atoms with Crippen LogP contribution in [0.5, 0.6) is 5.75 Å². The fourth-order valence-electron chi connectivity index (χ4n) is 1.58. The number of amides is 1. The molecule has 0 aliphatic rings. The average Bonchev–Trinajstić information content (AvgIpc) is 2.50. The number of esters is 1. The lowest BCUT2D eigenvalue weighted by Crippen LogP contribution is -2.11. The lowest BCUT2D eigenvalue weighted by molar-refractivity contribution is -0.129. The Bertz CT molecular complexity index is 778. The summed E-state index contributed by atoms with van der Waals surface area (Å²) in [6, 6.07) is 9.15. The maximum absolute atomic E-state index is 13.3. The van der Waals surface area contributed by atoms with Gasteiger partial charge in [0.25, 0.3) is 0 Å². The highest BCUT2D eigenvalue weighted by Gasteiger charge is 2.08. The van der Waals surface area contributed by atoms with Gasteiger partial charge in [-0.25, -0.2) is 13.6 Å². The molecule has 0 spiro atoms. The summed E-state index contributed by atoms with van der Waals surface area (Å²) in [5.41, 5.74) is -0.00297. The van der Waals surface area contributed by atoms with Gasteiger partial charge < -0.3 is 10.1 Å². The van der Waals surface area contributed by atoms with Crippen LogP contribution in [0.3, 0.4) is 0 Å². The first-order valence-electron chi connectivity index (χ1n) is 6.36. The standard InChI is InChI=1S/C16H10BrF2NO3/c17-11-9-10(18)5-6-14(11)23-16(22)8-7-15(21)20-13-4-2-1-3-12(13)19/h1-9H,(H,20,21)/b8-7+. The van der Waals surface area contributed by atoms with Gasteiger partial charge in [-0.05, 0) is 46.3 Å². The molecule has 2 aromatic rings. The summed E-state index contributed by atoms with van der Waals surface area (Å²) in [5, 5.41) is 2.28. The third-order valence-corrected chi connectivity index (χ3v) is 3.23. The van der Waals surface area contributed by atoms with E-state index in [9.17, 15) is 18.4 Å². The molecule has 2 rings (SSSR count). The molecule has 0 aliphatic carbocycles. The number of halogens is 3. The molecule has 0 fully saturated rings. The third kappa shape index (κ3) is 5.00. The summed E-state index contributed by atoms with van der Waals surface area (Å²) >= 11 is 3.05. The van der Waals surface area contributed by atoms with Gasteiger partial charge in [0.05, 0.1) is 10.2 Å². The van der Waals surface area contributed by atoms with Gasteiger partial charge in [-0.1, -0.05) is 12.1 Å². The van der Waals surface area contributed by atoms with Crippen LogP contribution in [0.1, 0.15) is 0 Å². The number of anilines is 1. The molecule has 118 valence electrons. The molecule has 0 aromatic heterocycles. The zero-order valence-corrected chi connectivity index (χ0v) is 13.1. The third-order valence-electron chi connectivity index (χ3n) is 2.61. The normalized spacial score (nSPS) is 10.6. The molecule has 0 saturated heterocycles. The van der Waals surface area contributed by atoms with Crippen LogP contribution in [-0.2, 0) is 9.59 Å². The van der Waals surface area contributed by atoms with E-state index in [4.69, 9.17) is 4.74 Å². The predicted octanol–water partition coefficient (Wildman–Crippen LogP) is 3.83. The van der Waals surface area contributed by atoms with E-state index in [2.05, 4.69) is 21.2 Å². The zero-order chi connectivity index (χ0) is 16.8. The van der Waals surface area contributed by atoms with Crippen molar-refractivity contribution in [3.63, 3.8) is 0 Å². The van der Waals surface area contributed by atoms with Crippen LogP contribution in [0.4, 0.5) is 14.5 Å². The van der Waals surface area contributed by atoms with E-state index in [1.54, 1.807) is 6.07 Å². The lowest BCUT2D eigenvalue weighted by atomic mass is 10.3. The Morgan fingerprint density at radius 1 is 1.09 bits per heavy atom. The minimum absolute atomic E-state index is 0.00297. The molecule has 4 nitrogen and oxygen atoms in total. The number of nitrogens with one attached hydrogen (secondary N) is 1. The van der Waals surface area contributed by atoms with E-state index in [0.29, 0.717) is 0 Å². The molecule has 1 amide bonds. The molecule has 0 aliphatic heterocycles. The number of rotatable bonds is 4. The molecular weight excluding hydrogens is 372 g/mol. The van der Waals surface area contributed by atoms with Crippen molar-refractivity contribution in [1.82, 2.24) is 0 Å². The van der Waals surface area contributed by atoms with E-state index in [0.717, 1.165) is 24.3 Å². The average molecular weight is 382 g/mol. The van der Waals surface area contributed by atoms with Gasteiger partial charge in [-0.15, -0.1) is 0 Å². The van der Waals surface area contributed by atoms with Crippen molar-refractivity contribution in [2.24, 2.45) is 0 Å². The van der Waals surface area contributed by atoms with Crippen molar-refractivity contribution in [2.75, 3.05) is 5.32 Å². The number of para-hydroxylation sites is 1. The maximum atomic E-state index is 13.3. The number of ether oxygens (including phenoxy) is 1. The Morgan fingerprint density at radius 2 is 1.83 bits per heavy atom. The second-order valence-electron chi connectivity index (χ2n) is 4.30. The van der Waals surface area contributed by atoms with Crippen molar-refractivity contribution in [2.45, 2.75) is 0 Å². The van der Waals surface area contributed by atoms with Gasteiger partial charge in [0, 0.05) is 12.2 Å². The topological polar surface area (TPSA) is 55.4 Å². The van der Waals surface area contributed by atoms with Gasteiger partial charge >= 0.3 is 5.97 Å². The highest BCUT2D eigenvalue weighted by Crippen LogP contribution is 2.25. The van der Waals surface area contributed by atoms with Gasteiger partial charge in [0.1, 0.15) is 17.4 Å². The summed E-state index contributed by atoms with van der Waals surface area (Å²) < 4.78 is 31.4. The van der Waals surface area contributed by atoms with E-state index in [-0.39, 0.29) is 15.9 Å². The monoisotopic (exact) mass is 381 g/mol. The molecule has 0 unspecified atom stereocenters. The molecule has 1 N–H and O–H groups in total. The summed E-state index contributed by atoms with van der Waals surface area (Å²) in [4.78, 5) is 23.2. The SMILES string of the molecule is O=C(/C=C/C(=O)Oc1ccc(F)cc1Br)Nc1ccccc1F. The largest absolute Gasteiger partial charge is 0.422 e. The van der Waals surface area contributed by atoms with Gasteiger partial charge in [0.15, 0.2) is 0 Å². The van der Waals surface area contributed by atoms with Crippen LogP contribution in [-0.4, -0.2) is 11.9 Å². The smallest absolute Gasteiger partial charge is 0.336 e. The number of benzene rings is 2. The van der Waals surface area contributed by atoms with Crippen molar-refractivity contribution < 1.29 is 23.1 Å². The summed E-state index contributed by atoms with van der Waals surface area (Å²) in [5.74, 6) is -2.50. The number of hydrogen-bond acceptors (Lipinski definition) is 3. The summed E-state index contributed by atoms with van der Waals surface area (Å²) in [6.07, 6.45) is 1.79. The highest BCUT2D eigenvalue weighted by atomic mass is 79.9. The Labute approximate surface area is 138 Å². The quantitative estimate of drug-likeness (QED) is 0.497. The Morgan fingerprint density at radius 3 is 2.52 bits per heavy atom. The number of carbonyl (C=O) groups is 2. The minimum Gasteiger partial charge on any atom is -0.422 e. The Kier molecular flexibility index (Phi) is 5.59. The van der Waals surface area contributed by atoms with Crippen molar-refractivity contribution in [1.29, 1.82) is 0 Å². The van der Waals surface area contributed by atoms with Crippen LogP contribution in [0.2, 0.25) is 0 Å². The lowest BCUT2D eigenvalue weighted by Gasteiger charge is -2.04. The van der Waals surface area contributed by atoms with Crippen molar-refractivity contribution in [3.8, 4) is 5.75 Å². The second-order valence-corrected chi connectivity index (χ2v) is 5.15. The molecule has 0 saturated carbocycles. The fourth-order valence-corrected chi connectivity index (χ4v) is 2.01. The second kappa shape index (κ2) is 7.64. The predicted molar refractivity (Wildman–Crippen MR) is 83.9 cm³/mol. The molecular formula is C16H10BrF2NO3. The molecule has 7 heteroatoms. The van der Waals surface area contributed by atoms with Gasteiger partial charge in [0.2, 0.25) is 5.91 Å². The number of carbonyl (C=O) groups excluding carboxylic acids is 2. The first kappa shape index (κ1) is 16.8. The summed E-state index contributed by atoms with van der Waals surface area (Å²) in [7, 11) is 0. The molecule has 23 heavy (non-hydrogen) atoms. The van der Waals surface area contributed by atoms with E-state index in [1.807, 2.05) is 0 Å². The summed E-state index contributed by atoms with van der Waals surface area (Å²) in [6.45, 7) is 0. The number of hydrogen-bond donors (Lipinski definition) is 1. The molecule has 2 aromatic carbocycles. The van der Waals surface area contributed by atoms with Crippen LogP contribution in [0.15, 0.2) is 59.1 Å². The minimum atomic E-state index is -0.832. The van der Waals surface area contributed by atoms with E-state index < -0.39 is 23.5 Å². The molecule has 0 heterocycles. The van der Waals surface area contributed by atoms with Gasteiger partial charge in [-0.3, -0.25) is 4.79 Å². The van der Waals surface area contributed by atoms with E-state index in [1.165, 1.54) is 24.3 Å². The maximum Gasteiger partial charge on any atom is 0.336 e. The zero-order valence-electron chi connectivity index (χ0n) is 11.6. The van der Waals surface area contributed by atoms with Crippen LogP contribution >= 0.6 is 15.9 Å². The van der Waals surface area contributed by atoms with Crippen molar-refractivity contribution >= 4 is 33.5 Å². The molecule has 0 atom stereocenters. The highest BCUT2D eigenvalue weighted by molar-refractivity contribution is 9.10. The molecule has 0 bridgehead atoms. The van der Waals surface area contributed by atoms with Crippen LogP contribution < -0.4 is 10.1 Å². The van der Waals surface area contributed by atoms with Crippen LogP contribution in [0, 0.1) is 11.6 Å². The van der Waals surface area contributed by atoms with Crippen LogP contribution in [0.25, 0.3) is 0 Å². The molecule has 0 radical (unpaired) electrons. The first-order chi connectivity index (χ1) is 11.0.